The monoisotopic (exact) mass is 212 g/mol. The van der Waals surface area contributed by atoms with E-state index in [2.05, 4.69) is 54.2 Å². The fourth-order valence-electron chi connectivity index (χ4n) is 1.81. The number of anilines is 1. The average molecular weight is 212 g/mol. The van der Waals surface area contributed by atoms with Crippen molar-refractivity contribution in [3.8, 4) is 0 Å². The molecule has 0 saturated heterocycles. The topological polar surface area (TPSA) is 16.1 Å². The van der Waals surface area contributed by atoms with Gasteiger partial charge in [0.2, 0.25) is 0 Å². The Bertz CT molecular complexity index is 451. The Balaban J connectivity index is 2.15. The highest BCUT2D eigenvalue weighted by molar-refractivity contribution is 5.45. The van der Waals surface area contributed by atoms with Crippen LogP contribution in [0.15, 0.2) is 48.7 Å². The first-order valence-corrected chi connectivity index (χ1v) is 5.44. The van der Waals surface area contributed by atoms with Gasteiger partial charge in [-0.3, -0.25) is 0 Å². The van der Waals surface area contributed by atoms with Crippen molar-refractivity contribution in [3.05, 3.63) is 59.8 Å². The summed E-state index contributed by atoms with van der Waals surface area (Å²) in [4.78, 5) is 6.57. The van der Waals surface area contributed by atoms with Gasteiger partial charge in [0.25, 0.3) is 0 Å². The Labute approximate surface area is 96.6 Å². The van der Waals surface area contributed by atoms with E-state index in [9.17, 15) is 0 Å². The van der Waals surface area contributed by atoms with Crippen molar-refractivity contribution < 1.29 is 0 Å². The molecule has 0 fully saturated rings. The van der Waals surface area contributed by atoms with E-state index in [4.69, 9.17) is 0 Å². The standard InChI is InChI=1S/C14H16N2/c1-12-7-6-10-15-14(12)16(2)11-13-8-4-3-5-9-13/h3-10H,11H2,1-2H3. The lowest BCUT2D eigenvalue weighted by Gasteiger charge is -2.19. The minimum Gasteiger partial charge on any atom is -0.355 e. The van der Waals surface area contributed by atoms with E-state index in [0.29, 0.717) is 0 Å². The highest BCUT2D eigenvalue weighted by atomic mass is 15.2. The third-order valence-electron chi connectivity index (χ3n) is 2.61. The molecule has 0 atom stereocenters. The van der Waals surface area contributed by atoms with Crippen LogP contribution < -0.4 is 4.90 Å². The van der Waals surface area contributed by atoms with E-state index in [0.717, 1.165) is 12.4 Å². The zero-order chi connectivity index (χ0) is 11.4. The molecule has 0 amide bonds. The van der Waals surface area contributed by atoms with Gasteiger partial charge in [-0.1, -0.05) is 36.4 Å². The van der Waals surface area contributed by atoms with Gasteiger partial charge in [-0.15, -0.1) is 0 Å². The quantitative estimate of drug-likeness (QED) is 0.777. The number of aryl methyl sites for hydroxylation is 1. The maximum absolute atomic E-state index is 4.40. The minimum absolute atomic E-state index is 0.888. The SMILES string of the molecule is Cc1cccnc1N(C)Cc1ccccc1. The van der Waals surface area contributed by atoms with E-state index in [1.807, 2.05) is 18.3 Å². The highest BCUT2D eigenvalue weighted by Crippen LogP contribution is 2.16. The number of rotatable bonds is 3. The van der Waals surface area contributed by atoms with E-state index in [1.165, 1.54) is 11.1 Å². The van der Waals surface area contributed by atoms with Crippen LogP contribution in [0.25, 0.3) is 0 Å². The Morgan fingerprint density at radius 3 is 2.50 bits per heavy atom. The number of nitrogens with zero attached hydrogens (tertiary/aromatic N) is 2. The molecule has 0 bridgehead atoms. The summed E-state index contributed by atoms with van der Waals surface area (Å²) in [6, 6.07) is 14.5. The average Bonchev–Trinajstić information content (AvgIpc) is 2.31. The molecule has 0 radical (unpaired) electrons. The molecule has 1 aromatic heterocycles. The van der Waals surface area contributed by atoms with E-state index >= 15 is 0 Å². The molecular weight excluding hydrogens is 196 g/mol. The Kier molecular flexibility index (Phi) is 3.20. The maximum Gasteiger partial charge on any atom is 0.131 e. The van der Waals surface area contributed by atoms with Gasteiger partial charge in [0.1, 0.15) is 5.82 Å². The normalized spacial score (nSPS) is 10.1. The van der Waals surface area contributed by atoms with Gasteiger partial charge < -0.3 is 4.90 Å². The predicted octanol–water partition coefficient (Wildman–Crippen LogP) is 3.03. The van der Waals surface area contributed by atoms with E-state index in [-0.39, 0.29) is 0 Å². The molecule has 1 aromatic carbocycles. The lowest BCUT2D eigenvalue weighted by Crippen LogP contribution is -2.18. The van der Waals surface area contributed by atoms with Gasteiger partial charge in [0.15, 0.2) is 0 Å². The van der Waals surface area contributed by atoms with E-state index < -0.39 is 0 Å². The minimum atomic E-state index is 0.888. The molecule has 0 N–H and O–H groups in total. The van der Waals surface area contributed by atoms with Gasteiger partial charge in [0.05, 0.1) is 0 Å². The lowest BCUT2D eigenvalue weighted by molar-refractivity contribution is 0.891. The summed E-state index contributed by atoms with van der Waals surface area (Å²) in [6.45, 7) is 2.97. The fourth-order valence-corrected chi connectivity index (χ4v) is 1.81. The zero-order valence-corrected chi connectivity index (χ0v) is 9.72. The van der Waals surface area contributed by atoms with Crippen LogP contribution in [0.4, 0.5) is 5.82 Å². The Hall–Kier alpha value is -1.83. The highest BCUT2D eigenvalue weighted by Gasteiger charge is 2.05. The second kappa shape index (κ2) is 4.79. The van der Waals surface area contributed by atoms with Gasteiger partial charge in [-0.2, -0.15) is 0 Å². The van der Waals surface area contributed by atoms with Crippen molar-refractivity contribution in [1.82, 2.24) is 4.98 Å². The van der Waals surface area contributed by atoms with Gasteiger partial charge in [-0.25, -0.2) is 4.98 Å². The fraction of sp³-hybridized carbons (Fsp3) is 0.214. The predicted molar refractivity (Wildman–Crippen MR) is 67.5 cm³/mol. The van der Waals surface area contributed by atoms with Crippen molar-refractivity contribution in [2.45, 2.75) is 13.5 Å². The molecule has 0 spiro atoms. The molecule has 2 aromatic rings. The molecular formula is C14H16N2. The molecule has 1 heterocycles. The molecule has 0 unspecified atom stereocenters. The second-order valence-electron chi connectivity index (χ2n) is 3.99. The smallest absolute Gasteiger partial charge is 0.131 e. The molecule has 0 aliphatic carbocycles. The van der Waals surface area contributed by atoms with Crippen LogP contribution in [-0.4, -0.2) is 12.0 Å². The van der Waals surface area contributed by atoms with Crippen LogP contribution in [-0.2, 0) is 6.54 Å². The Morgan fingerprint density at radius 2 is 1.81 bits per heavy atom. The number of hydrogen-bond acceptors (Lipinski definition) is 2. The van der Waals surface area contributed by atoms with Crippen molar-refractivity contribution in [2.24, 2.45) is 0 Å². The lowest BCUT2D eigenvalue weighted by atomic mass is 10.2. The van der Waals surface area contributed by atoms with Gasteiger partial charge >= 0.3 is 0 Å². The summed E-state index contributed by atoms with van der Waals surface area (Å²) >= 11 is 0. The van der Waals surface area contributed by atoms with Gasteiger partial charge in [-0.05, 0) is 24.1 Å². The molecule has 2 nitrogen and oxygen atoms in total. The van der Waals surface area contributed by atoms with Crippen molar-refractivity contribution in [1.29, 1.82) is 0 Å². The second-order valence-corrected chi connectivity index (χ2v) is 3.99. The first-order valence-electron chi connectivity index (χ1n) is 5.44. The van der Waals surface area contributed by atoms with E-state index in [1.54, 1.807) is 0 Å². The van der Waals surface area contributed by atoms with Crippen LogP contribution in [0.3, 0.4) is 0 Å². The largest absolute Gasteiger partial charge is 0.355 e. The molecule has 0 aliphatic heterocycles. The van der Waals surface area contributed by atoms with Crippen LogP contribution in [0.2, 0.25) is 0 Å². The summed E-state index contributed by atoms with van der Waals surface area (Å²) in [6.07, 6.45) is 1.84. The first-order chi connectivity index (χ1) is 7.77. The molecule has 82 valence electrons. The van der Waals surface area contributed by atoms with Gasteiger partial charge in [0, 0.05) is 19.8 Å². The molecule has 0 aliphatic rings. The summed E-state index contributed by atoms with van der Waals surface area (Å²) < 4.78 is 0. The zero-order valence-electron chi connectivity index (χ0n) is 9.72. The first kappa shape index (κ1) is 10.7. The number of pyridine rings is 1. The van der Waals surface area contributed by atoms with Crippen molar-refractivity contribution in [2.75, 3.05) is 11.9 Å². The Morgan fingerprint density at radius 1 is 1.06 bits per heavy atom. The van der Waals surface area contributed by atoms with Crippen molar-refractivity contribution >= 4 is 5.82 Å². The molecule has 2 rings (SSSR count). The van der Waals surface area contributed by atoms with Crippen LogP contribution in [0.5, 0.6) is 0 Å². The van der Waals surface area contributed by atoms with Crippen LogP contribution >= 0.6 is 0 Å². The third kappa shape index (κ3) is 2.40. The summed E-state index contributed by atoms with van der Waals surface area (Å²) in [5, 5.41) is 0. The molecule has 0 saturated carbocycles. The molecule has 16 heavy (non-hydrogen) atoms. The molecule has 2 heteroatoms. The maximum atomic E-state index is 4.40. The summed E-state index contributed by atoms with van der Waals surface area (Å²) in [5.41, 5.74) is 2.51. The van der Waals surface area contributed by atoms with Crippen LogP contribution in [0, 0.1) is 6.92 Å². The van der Waals surface area contributed by atoms with Crippen LogP contribution in [0.1, 0.15) is 11.1 Å². The summed E-state index contributed by atoms with van der Waals surface area (Å²) in [7, 11) is 2.07. The number of benzene rings is 1. The van der Waals surface area contributed by atoms with Crippen molar-refractivity contribution in [3.63, 3.8) is 0 Å². The summed E-state index contributed by atoms with van der Waals surface area (Å²) in [5.74, 6) is 1.05. The third-order valence-corrected chi connectivity index (χ3v) is 2.61. The number of hydrogen-bond donors (Lipinski definition) is 0. The number of aromatic nitrogens is 1.